The second-order valence-electron chi connectivity index (χ2n) is 6.28. The molecule has 4 nitrogen and oxygen atoms in total. The fraction of sp³-hybridized carbons (Fsp3) is 0.300. The van der Waals surface area contributed by atoms with E-state index in [4.69, 9.17) is 4.98 Å². The van der Waals surface area contributed by atoms with E-state index in [-0.39, 0.29) is 11.8 Å². The van der Waals surface area contributed by atoms with Gasteiger partial charge < -0.3 is 9.88 Å². The van der Waals surface area contributed by atoms with Gasteiger partial charge in [0.25, 0.3) is 0 Å². The predicted octanol–water partition coefficient (Wildman–Crippen LogP) is 3.40. The largest absolute Gasteiger partial charge is 0.355 e. The van der Waals surface area contributed by atoms with Crippen LogP contribution in [-0.4, -0.2) is 22.0 Å². The van der Waals surface area contributed by atoms with Crippen molar-refractivity contribution in [1.82, 2.24) is 14.9 Å². The van der Waals surface area contributed by atoms with Crippen LogP contribution < -0.4 is 5.32 Å². The van der Waals surface area contributed by atoms with E-state index in [2.05, 4.69) is 40.2 Å². The number of hydrogen-bond donors (Lipinski definition) is 1. The van der Waals surface area contributed by atoms with Crippen molar-refractivity contribution in [2.75, 3.05) is 6.54 Å². The first-order valence-electron chi connectivity index (χ1n) is 8.41. The minimum absolute atomic E-state index is 0.00753. The SMILES string of the molecule is CC(C)C(=O)NCCc1nc2ccccc2n1Cc1ccccc1. The fourth-order valence-electron chi connectivity index (χ4n) is 2.76. The summed E-state index contributed by atoms with van der Waals surface area (Å²) in [4.78, 5) is 16.5. The highest BCUT2D eigenvalue weighted by molar-refractivity contribution is 5.78. The maximum Gasteiger partial charge on any atom is 0.222 e. The third kappa shape index (κ3) is 3.65. The number of para-hydroxylation sites is 2. The zero-order valence-electron chi connectivity index (χ0n) is 14.2. The summed E-state index contributed by atoms with van der Waals surface area (Å²) in [5, 5.41) is 2.97. The van der Waals surface area contributed by atoms with Gasteiger partial charge in [0.15, 0.2) is 0 Å². The van der Waals surface area contributed by atoms with Crippen molar-refractivity contribution < 1.29 is 4.79 Å². The van der Waals surface area contributed by atoms with Crippen LogP contribution in [0.5, 0.6) is 0 Å². The topological polar surface area (TPSA) is 46.9 Å². The van der Waals surface area contributed by atoms with Crippen molar-refractivity contribution in [3.05, 3.63) is 66.0 Å². The summed E-state index contributed by atoms with van der Waals surface area (Å²) in [7, 11) is 0. The number of carbonyl (C=O) groups is 1. The Kier molecular flexibility index (Phi) is 4.94. The Morgan fingerprint density at radius 1 is 1.08 bits per heavy atom. The highest BCUT2D eigenvalue weighted by Gasteiger charge is 2.12. The van der Waals surface area contributed by atoms with Crippen LogP contribution in [0.25, 0.3) is 11.0 Å². The van der Waals surface area contributed by atoms with E-state index in [1.807, 2.05) is 38.1 Å². The molecule has 1 heterocycles. The van der Waals surface area contributed by atoms with Crippen molar-refractivity contribution in [1.29, 1.82) is 0 Å². The smallest absolute Gasteiger partial charge is 0.222 e. The van der Waals surface area contributed by atoms with E-state index in [0.717, 1.165) is 29.8 Å². The van der Waals surface area contributed by atoms with Gasteiger partial charge in [-0.25, -0.2) is 4.98 Å². The first kappa shape index (κ1) is 16.2. The van der Waals surface area contributed by atoms with Gasteiger partial charge in [-0.2, -0.15) is 0 Å². The number of rotatable bonds is 6. The third-order valence-electron chi connectivity index (χ3n) is 4.09. The van der Waals surface area contributed by atoms with Crippen LogP contribution in [0.15, 0.2) is 54.6 Å². The number of fused-ring (bicyclic) bond motifs is 1. The second-order valence-corrected chi connectivity index (χ2v) is 6.28. The van der Waals surface area contributed by atoms with Gasteiger partial charge in [0, 0.05) is 25.4 Å². The van der Waals surface area contributed by atoms with Crippen LogP contribution in [0.3, 0.4) is 0 Å². The number of hydrogen-bond acceptors (Lipinski definition) is 2. The minimum atomic E-state index is 0.00753. The average Bonchev–Trinajstić information content (AvgIpc) is 2.93. The quantitative estimate of drug-likeness (QED) is 0.756. The van der Waals surface area contributed by atoms with Crippen molar-refractivity contribution in [2.24, 2.45) is 5.92 Å². The molecule has 3 aromatic rings. The molecule has 0 aliphatic rings. The van der Waals surface area contributed by atoms with E-state index in [9.17, 15) is 4.79 Å². The zero-order valence-corrected chi connectivity index (χ0v) is 14.2. The van der Waals surface area contributed by atoms with Crippen molar-refractivity contribution >= 4 is 16.9 Å². The Bertz CT molecular complexity index is 821. The monoisotopic (exact) mass is 321 g/mol. The molecule has 124 valence electrons. The standard InChI is InChI=1S/C20H23N3O/c1-15(2)20(24)21-13-12-19-22-17-10-6-7-11-18(17)23(19)14-16-8-4-3-5-9-16/h3-11,15H,12-14H2,1-2H3,(H,21,24). The molecule has 0 atom stereocenters. The van der Waals surface area contributed by atoms with Crippen LogP contribution >= 0.6 is 0 Å². The summed E-state index contributed by atoms with van der Waals surface area (Å²) in [6, 6.07) is 18.6. The van der Waals surface area contributed by atoms with Crippen molar-refractivity contribution in [3.8, 4) is 0 Å². The summed E-state index contributed by atoms with van der Waals surface area (Å²) in [6.45, 7) is 5.20. The Balaban J connectivity index is 1.83. The normalized spacial score (nSPS) is 11.1. The highest BCUT2D eigenvalue weighted by Crippen LogP contribution is 2.18. The van der Waals surface area contributed by atoms with Crippen molar-refractivity contribution in [2.45, 2.75) is 26.8 Å². The van der Waals surface area contributed by atoms with Gasteiger partial charge >= 0.3 is 0 Å². The molecule has 0 spiro atoms. The predicted molar refractivity (Wildman–Crippen MR) is 96.8 cm³/mol. The molecule has 4 heteroatoms. The lowest BCUT2D eigenvalue weighted by atomic mass is 10.2. The Labute approximate surface area is 142 Å². The Morgan fingerprint density at radius 2 is 1.79 bits per heavy atom. The maximum absolute atomic E-state index is 11.7. The number of carbonyl (C=O) groups excluding carboxylic acids is 1. The molecule has 24 heavy (non-hydrogen) atoms. The maximum atomic E-state index is 11.7. The molecule has 2 aromatic carbocycles. The van der Waals surface area contributed by atoms with Crippen LogP contribution in [0.4, 0.5) is 0 Å². The lowest BCUT2D eigenvalue weighted by Gasteiger charge is -2.11. The molecule has 3 rings (SSSR count). The van der Waals surface area contributed by atoms with Gasteiger partial charge in [-0.15, -0.1) is 0 Å². The first-order chi connectivity index (χ1) is 11.6. The van der Waals surface area contributed by atoms with E-state index in [1.54, 1.807) is 0 Å². The van der Waals surface area contributed by atoms with Crippen LogP contribution in [0, 0.1) is 5.92 Å². The molecular weight excluding hydrogens is 298 g/mol. The Morgan fingerprint density at radius 3 is 2.54 bits per heavy atom. The Hall–Kier alpha value is -2.62. The molecule has 1 aromatic heterocycles. The van der Waals surface area contributed by atoms with Gasteiger partial charge in [0.05, 0.1) is 11.0 Å². The molecule has 0 bridgehead atoms. The molecule has 0 saturated heterocycles. The number of benzene rings is 2. The van der Waals surface area contributed by atoms with Gasteiger partial charge in [0.2, 0.25) is 5.91 Å². The molecular formula is C20H23N3O. The molecule has 0 fully saturated rings. The minimum Gasteiger partial charge on any atom is -0.355 e. The molecule has 0 saturated carbocycles. The van der Waals surface area contributed by atoms with Crippen LogP contribution in [0.2, 0.25) is 0 Å². The van der Waals surface area contributed by atoms with Crippen LogP contribution in [0.1, 0.15) is 25.2 Å². The third-order valence-corrected chi connectivity index (χ3v) is 4.09. The van der Waals surface area contributed by atoms with Crippen molar-refractivity contribution in [3.63, 3.8) is 0 Å². The van der Waals surface area contributed by atoms with E-state index < -0.39 is 0 Å². The number of imidazole rings is 1. The zero-order chi connectivity index (χ0) is 16.9. The fourth-order valence-corrected chi connectivity index (χ4v) is 2.76. The van der Waals surface area contributed by atoms with Gasteiger partial charge in [0.1, 0.15) is 5.82 Å². The average molecular weight is 321 g/mol. The lowest BCUT2D eigenvalue weighted by Crippen LogP contribution is -2.30. The number of nitrogens with one attached hydrogen (secondary N) is 1. The number of nitrogens with zero attached hydrogens (tertiary/aromatic N) is 2. The number of amides is 1. The van der Waals surface area contributed by atoms with E-state index >= 15 is 0 Å². The van der Waals surface area contributed by atoms with Crippen LogP contribution in [-0.2, 0) is 17.8 Å². The van der Waals surface area contributed by atoms with Gasteiger partial charge in [-0.05, 0) is 17.7 Å². The van der Waals surface area contributed by atoms with E-state index in [0.29, 0.717) is 6.54 Å². The first-order valence-corrected chi connectivity index (χ1v) is 8.41. The molecule has 0 radical (unpaired) electrons. The summed E-state index contributed by atoms with van der Waals surface area (Å²) < 4.78 is 2.24. The molecule has 0 aliphatic carbocycles. The molecule has 0 unspecified atom stereocenters. The summed E-state index contributed by atoms with van der Waals surface area (Å²) in [5.41, 5.74) is 3.37. The lowest BCUT2D eigenvalue weighted by molar-refractivity contribution is -0.123. The number of aromatic nitrogens is 2. The second kappa shape index (κ2) is 7.30. The summed E-state index contributed by atoms with van der Waals surface area (Å²) >= 11 is 0. The van der Waals surface area contributed by atoms with Gasteiger partial charge in [-0.1, -0.05) is 56.3 Å². The van der Waals surface area contributed by atoms with Gasteiger partial charge in [-0.3, -0.25) is 4.79 Å². The summed E-state index contributed by atoms with van der Waals surface area (Å²) in [5.74, 6) is 1.10. The summed E-state index contributed by atoms with van der Waals surface area (Å²) in [6.07, 6.45) is 0.722. The molecule has 1 amide bonds. The molecule has 1 N–H and O–H groups in total. The molecule has 0 aliphatic heterocycles. The highest BCUT2D eigenvalue weighted by atomic mass is 16.1. The van der Waals surface area contributed by atoms with E-state index in [1.165, 1.54) is 5.56 Å².